The lowest BCUT2D eigenvalue weighted by molar-refractivity contribution is 0.416. The lowest BCUT2D eigenvalue weighted by atomic mass is 9.98. The Bertz CT molecular complexity index is 357. The van der Waals surface area contributed by atoms with E-state index in [9.17, 15) is 0 Å². The summed E-state index contributed by atoms with van der Waals surface area (Å²) in [5.74, 6) is 3.94. The number of rotatable bonds is 7. The average Bonchev–Trinajstić information content (AvgIpc) is 3.40. The molecule has 3 fully saturated rings. The van der Waals surface area contributed by atoms with Crippen LogP contribution in [0.1, 0.15) is 51.9 Å². The van der Waals surface area contributed by atoms with Crippen molar-refractivity contribution in [2.75, 3.05) is 19.3 Å². The van der Waals surface area contributed by atoms with Gasteiger partial charge in [-0.2, -0.15) is 11.8 Å². The van der Waals surface area contributed by atoms with Gasteiger partial charge in [0.15, 0.2) is 5.96 Å². The number of thioether (sulfide) groups is 1. The molecule has 2 unspecified atom stereocenters. The molecular weight excluding hydrogens is 405 g/mol. The molecule has 0 heterocycles. The lowest BCUT2D eigenvalue weighted by Crippen LogP contribution is -2.43. The highest BCUT2D eigenvalue weighted by Gasteiger charge is 2.41. The molecule has 3 rings (SSSR count). The van der Waals surface area contributed by atoms with Crippen molar-refractivity contribution in [2.24, 2.45) is 22.7 Å². The first kappa shape index (κ1) is 18.7. The third-order valence-electron chi connectivity index (χ3n) is 5.32. The summed E-state index contributed by atoms with van der Waals surface area (Å²) < 4.78 is 0. The summed E-state index contributed by atoms with van der Waals surface area (Å²) in [6.07, 6.45) is 12.0. The minimum Gasteiger partial charge on any atom is -0.357 e. The van der Waals surface area contributed by atoms with Crippen LogP contribution in [0.15, 0.2) is 4.99 Å². The van der Waals surface area contributed by atoms with Gasteiger partial charge >= 0.3 is 0 Å². The predicted molar refractivity (Wildman–Crippen MR) is 108 cm³/mol. The zero-order valence-electron chi connectivity index (χ0n) is 14.0. The van der Waals surface area contributed by atoms with E-state index in [1.807, 2.05) is 11.8 Å². The van der Waals surface area contributed by atoms with E-state index in [1.165, 1.54) is 44.9 Å². The predicted octanol–water partition coefficient (Wildman–Crippen LogP) is 3.88. The molecule has 2 atom stereocenters. The fourth-order valence-electron chi connectivity index (χ4n) is 3.73. The highest BCUT2D eigenvalue weighted by molar-refractivity contribution is 14.0. The fraction of sp³-hybridized carbons (Fsp3) is 0.941. The van der Waals surface area contributed by atoms with Gasteiger partial charge in [0, 0.05) is 24.4 Å². The van der Waals surface area contributed by atoms with Crippen LogP contribution in [-0.2, 0) is 0 Å². The van der Waals surface area contributed by atoms with Crippen molar-refractivity contribution in [1.29, 1.82) is 0 Å². The van der Waals surface area contributed by atoms with Crippen LogP contribution in [0.4, 0.5) is 0 Å². The number of nitrogens with one attached hydrogen (secondary N) is 2. The molecule has 0 aromatic rings. The maximum Gasteiger partial charge on any atom is 0.191 e. The van der Waals surface area contributed by atoms with Crippen molar-refractivity contribution in [3.05, 3.63) is 0 Å². The van der Waals surface area contributed by atoms with Gasteiger partial charge in [-0.05, 0) is 75.9 Å². The Morgan fingerprint density at radius 2 is 1.82 bits per heavy atom. The van der Waals surface area contributed by atoms with Crippen LogP contribution >= 0.6 is 35.7 Å². The lowest BCUT2D eigenvalue weighted by Gasteiger charge is -2.19. The maximum atomic E-state index is 4.94. The molecule has 0 radical (unpaired) electrons. The molecule has 3 aliphatic carbocycles. The second-order valence-electron chi connectivity index (χ2n) is 7.07. The number of halogens is 1. The molecule has 0 aromatic heterocycles. The molecule has 0 aromatic carbocycles. The maximum absolute atomic E-state index is 4.94. The number of aliphatic imine (C=N–C) groups is 1. The van der Waals surface area contributed by atoms with Gasteiger partial charge in [0.1, 0.15) is 0 Å². The zero-order valence-corrected chi connectivity index (χ0v) is 17.2. The van der Waals surface area contributed by atoms with E-state index >= 15 is 0 Å². The molecule has 128 valence electrons. The van der Waals surface area contributed by atoms with Gasteiger partial charge in [0.2, 0.25) is 0 Å². The zero-order chi connectivity index (χ0) is 14.7. The van der Waals surface area contributed by atoms with Gasteiger partial charge in [0.25, 0.3) is 0 Å². The molecule has 0 aliphatic heterocycles. The Morgan fingerprint density at radius 1 is 1.14 bits per heavy atom. The van der Waals surface area contributed by atoms with Gasteiger partial charge in [-0.1, -0.05) is 0 Å². The third-order valence-corrected chi connectivity index (χ3v) is 6.41. The topological polar surface area (TPSA) is 36.4 Å². The molecule has 5 heteroatoms. The first-order valence-electron chi connectivity index (χ1n) is 8.87. The van der Waals surface area contributed by atoms with Crippen molar-refractivity contribution < 1.29 is 0 Å². The van der Waals surface area contributed by atoms with Crippen LogP contribution in [0.5, 0.6) is 0 Å². The molecular formula is C17H32IN3S. The van der Waals surface area contributed by atoms with Crippen molar-refractivity contribution in [2.45, 2.75) is 63.2 Å². The van der Waals surface area contributed by atoms with Crippen molar-refractivity contribution in [1.82, 2.24) is 10.6 Å². The summed E-state index contributed by atoms with van der Waals surface area (Å²) >= 11 is 2.02. The summed E-state index contributed by atoms with van der Waals surface area (Å²) in [6.45, 7) is 4.17. The van der Waals surface area contributed by atoms with E-state index in [4.69, 9.17) is 4.99 Å². The third kappa shape index (κ3) is 5.46. The number of hydrogen-bond donors (Lipinski definition) is 2. The molecule has 22 heavy (non-hydrogen) atoms. The van der Waals surface area contributed by atoms with Crippen molar-refractivity contribution in [3.8, 4) is 0 Å². The van der Waals surface area contributed by atoms with Crippen LogP contribution in [0.3, 0.4) is 0 Å². The minimum absolute atomic E-state index is 0. The van der Waals surface area contributed by atoms with Gasteiger partial charge in [-0.25, -0.2) is 0 Å². The van der Waals surface area contributed by atoms with Crippen LogP contribution in [0.25, 0.3) is 0 Å². The van der Waals surface area contributed by atoms with Gasteiger partial charge < -0.3 is 10.6 Å². The number of nitrogens with zero attached hydrogens (tertiary/aromatic N) is 1. The van der Waals surface area contributed by atoms with E-state index in [2.05, 4.69) is 23.8 Å². The Balaban J connectivity index is 0.00000176. The monoisotopic (exact) mass is 437 g/mol. The Morgan fingerprint density at radius 3 is 2.32 bits per heavy atom. The normalized spacial score (nSPS) is 28.6. The molecule has 0 amide bonds. The van der Waals surface area contributed by atoms with Crippen LogP contribution in [0, 0.1) is 17.8 Å². The standard InChI is InChI=1S/C17H31N3S.HI/c1-3-18-17(20-14-8-9-15(10-14)21-2)19-11-16(12-4-5-12)13-6-7-13;/h12-16H,3-11H2,1-2H3,(H2,18,19,20);1H. The molecule has 3 nitrogen and oxygen atoms in total. The Kier molecular flexibility index (Phi) is 7.64. The summed E-state index contributed by atoms with van der Waals surface area (Å²) in [5.41, 5.74) is 0. The van der Waals surface area contributed by atoms with Crippen molar-refractivity contribution >= 4 is 41.7 Å². The Labute approximate surface area is 157 Å². The molecule has 0 bridgehead atoms. The number of hydrogen-bond acceptors (Lipinski definition) is 2. The van der Waals surface area contributed by atoms with Crippen LogP contribution in [0.2, 0.25) is 0 Å². The largest absolute Gasteiger partial charge is 0.357 e. The highest BCUT2D eigenvalue weighted by atomic mass is 127. The summed E-state index contributed by atoms with van der Waals surface area (Å²) in [7, 11) is 0. The van der Waals surface area contributed by atoms with E-state index < -0.39 is 0 Å². The van der Waals surface area contributed by atoms with E-state index in [0.717, 1.165) is 42.1 Å². The van der Waals surface area contributed by atoms with E-state index in [0.29, 0.717) is 6.04 Å². The van der Waals surface area contributed by atoms with E-state index in [1.54, 1.807) is 0 Å². The van der Waals surface area contributed by atoms with Crippen LogP contribution in [-0.4, -0.2) is 36.6 Å². The van der Waals surface area contributed by atoms with Crippen LogP contribution < -0.4 is 10.6 Å². The quantitative estimate of drug-likeness (QED) is 0.361. The SMILES string of the molecule is CCNC(=NCC(C1CC1)C1CC1)NC1CCC(SC)C1.I. The van der Waals surface area contributed by atoms with E-state index in [-0.39, 0.29) is 24.0 Å². The summed E-state index contributed by atoms with van der Waals surface area (Å²) in [6, 6.07) is 0.626. The average molecular weight is 437 g/mol. The Hall–Kier alpha value is 0.350. The van der Waals surface area contributed by atoms with Gasteiger partial charge in [-0.15, -0.1) is 24.0 Å². The fourth-order valence-corrected chi connectivity index (χ4v) is 4.52. The molecule has 3 saturated carbocycles. The summed E-state index contributed by atoms with van der Waals surface area (Å²) in [4.78, 5) is 4.94. The van der Waals surface area contributed by atoms with Crippen molar-refractivity contribution in [3.63, 3.8) is 0 Å². The first-order valence-corrected chi connectivity index (χ1v) is 10.2. The number of guanidine groups is 1. The second-order valence-corrected chi connectivity index (χ2v) is 8.21. The molecule has 0 saturated heterocycles. The molecule has 2 N–H and O–H groups in total. The van der Waals surface area contributed by atoms with Gasteiger partial charge in [0.05, 0.1) is 0 Å². The molecule has 3 aliphatic rings. The second kappa shape index (κ2) is 9.00. The smallest absolute Gasteiger partial charge is 0.191 e. The minimum atomic E-state index is 0. The molecule has 0 spiro atoms. The highest BCUT2D eigenvalue weighted by Crippen LogP contribution is 2.49. The van der Waals surface area contributed by atoms with Gasteiger partial charge in [-0.3, -0.25) is 4.99 Å². The first-order chi connectivity index (χ1) is 10.3. The summed E-state index contributed by atoms with van der Waals surface area (Å²) in [5, 5.41) is 7.97.